The molecule has 102 valence electrons. The van der Waals surface area contributed by atoms with Crippen LogP contribution in [0.5, 0.6) is 0 Å². The summed E-state index contributed by atoms with van der Waals surface area (Å²) < 4.78 is 6.82. The van der Waals surface area contributed by atoms with E-state index in [0.717, 1.165) is 16.5 Å². The Morgan fingerprint density at radius 1 is 1.42 bits per heavy atom. The van der Waals surface area contributed by atoms with Crippen LogP contribution in [-0.2, 0) is 22.6 Å². The molecule has 0 unspecified atom stereocenters. The maximum Gasteiger partial charge on any atom is 0.240 e. The van der Waals surface area contributed by atoms with Crippen LogP contribution in [0.4, 0.5) is 0 Å². The molecule has 0 atom stereocenters. The monoisotopic (exact) mass is 261 g/mol. The van der Waals surface area contributed by atoms with Gasteiger partial charge in [0.15, 0.2) is 0 Å². The van der Waals surface area contributed by atoms with Gasteiger partial charge < -0.3 is 20.4 Å². The number of methoxy groups -OCH3 is 1. The van der Waals surface area contributed by atoms with Gasteiger partial charge in [0.1, 0.15) is 6.54 Å². The van der Waals surface area contributed by atoms with Crippen LogP contribution in [0.15, 0.2) is 30.5 Å². The first-order chi connectivity index (χ1) is 9.24. The Morgan fingerprint density at radius 3 is 3.00 bits per heavy atom. The molecule has 1 heterocycles. The number of fused-ring (bicyclic) bond motifs is 1. The van der Waals surface area contributed by atoms with Crippen LogP contribution in [-0.4, -0.2) is 30.7 Å². The molecular weight excluding hydrogens is 242 g/mol. The number of hydrogen-bond acceptors (Lipinski definition) is 3. The van der Waals surface area contributed by atoms with Crippen LogP contribution in [0.25, 0.3) is 10.9 Å². The Kier molecular flexibility index (Phi) is 4.54. The summed E-state index contributed by atoms with van der Waals surface area (Å²) in [7, 11) is 1.61. The molecule has 0 radical (unpaired) electrons. The number of amides is 1. The van der Waals surface area contributed by atoms with Crippen molar-refractivity contribution in [2.45, 2.75) is 13.1 Å². The van der Waals surface area contributed by atoms with E-state index in [4.69, 9.17) is 10.5 Å². The number of carbonyl (C=O) groups excluding carboxylic acids is 1. The molecule has 0 aliphatic heterocycles. The van der Waals surface area contributed by atoms with Crippen LogP contribution in [0, 0.1) is 0 Å². The third kappa shape index (κ3) is 3.33. The van der Waals surface area contributed by atoms with Crippen molar-refractivity contribution >= 4 is 16.8 Å². The van der Waals surface area contributed by atoms with E-state index in [1.807, 2.05) is 35.0 Å². The highest BCUT2D eigenvalue weighted by molar-refractivity contribution is 5.83. The summed E-state index contributed by atoms with van der Waals surface area (Å²) in [4.78, 5) is 11.8. The van der Waals surface area contributed by atoms with E-state index in [0.29, 0.717) is 26.2 Å². The average molecular weight is 261 g/mol. The summed E-state index contributed by atoms with van der Waals surface area (Å²) in [6.07, 6.45) is 1.92. The minimum Gasteiger partial charge on any atom is -0.383 e. The predicted octanol–water partition coefficient (Wildman–Crippen LogP) is 0.863. The maximum absolute atomic E-state index is 11.8. The molecule has 1 amide bonds. The number of benzene rings is 1. The van der Waals surface area contributed by atoms with Gasteiger partial charge in [0, 0.05) is 31.9 Å². The summed E-state index contributed by atoms with van der Waals surface area (Å²) >= 11 is 0. The van der Waals surface area contributed by atoms with Crippen LogP contribution < -0.4 is 11.1 Å². The molecule has 0 aliphatic carbocycles. The van der Waals surface area contributed by atoms with Gasteiger partial charge in [0.2, 0.25) is 5.91 Å². The molecule has 2 aromatic rings. The average Bonchev–Trinajstić information content (AvgIpc) is 2.81. The number of hydrogen-bond donors (Lipinski definition) is 2. The normalized spacial score (nSPS) is 10.8. The number of carbonyl (C=O) groups is 1. The fourth-order valence-corrected chi connectivity index (χ4v) is 2.00. The SMILES string of the molecule is COCCNC(=O)Cn1ccc2ccc(CN)cc21. The van der Waals surface area contributed by atoms with Gasteiger partial charge in [-0.15, -0.1) is 0 Å². The first-order valence-corrected chi connectivity index (χ1v) is 6.28. The van der Waals surface area contributed by atoms with Gasteiger partial charge in [-0.1, -0.05) is 12.1 Å². The van der Waals surface area contributed by atoms with Crippen molar-refractivity contribution in [3.05, 3.63) is 36.0 Å². The van der Waals surface area contributed by atoms with Gasteiger partial charge in [-0.2, -0.15) is 0 Å². The summed E-state index contributed by atoms with van der Waals surface area (Å²) in [5.74, 6) is -0.0206. The number of nitrogens with two attached hydrogens (primary N) is 1. The first-order valence-electron chi connectivity index (χ1n) is 6.28. The van der Waals surface area contributed by atoms with Crippen molar-refractivity contribution in [3.63, 3.8) is 0 Å². The zero-order valence-corrected chi connectivity index (χ0v) is 11.1. The Bertz CT molecular complexity index is 563. The van der Waals surface area contributed by atoms with Gasteiger partial charge in [-0.25, -0.2) is 0 Å². The van der Waals surface area contributed by atoms with Gasteiger partial charge in [0.05, 0.1) is 6.61 Å². The fraction of sp³-hybridized carbons (Fsp3) is 0.357. The number of rotatable bonds is 6. The summed E-state index contributed by atoms with van der Waals surface area (Å²) in [5.41, 5.74) is 7.73. The highest BCUT2D eigenvalue weighted by Gasteiger charge is 2.06. The predicted molar refractivity (Wildman–Crippen MR) is 74.7 cm³/mol. The fourth-order valence-electron chi connectivity index (χ4n) is 2.00. The molecule has 5 nitrogen and oxygen atoms in total. The van der Waals surface area contributed by atoms with Crippen molar-refractivity contribution < 1.29 is 9.53 Å². The Labute approximate surface area is 112 Å². The standard InChI is InChI=1S/C14H19N3O2/c1-19-7-5-16-14(18)10-17-6-4-12-3-2-11(9-15)8-13(12)17/h2-4,6,8H,5,7,9-10,15H2,1H3,(H,16,18). The summed E-state index contributed by atoms with van der Waals surface area (Å²) in [6.45, 7) is 1.86. The van der Waals surface area contributed by atoms with Gasteiger partial charge in [-0.3, -0.25) is 4.79 Å². The molecule has 0 aliphatic rings. The van der Waals surface area contributed by atoms with Gasteiger partial charge in [-0.05, 0) is 23.1 Å². The molecule has 0 saturated carbocycles. The second-order valence-corrected chi connectivity index (χ2v) is 4.38. The first kappa shape index (κ1) is 13.6. The van der Waals surface area contributed by atoms with Gasteiger partial charge in [0.25, 0.3) is 0 Å². The Hall–Kier alpha value is -1.85. The zero-order valence-electron chi connectivity index (χ0n) is 11.1. The van der Waals surface area contributed by atoms with E-state index in [2.05, 4.69) is 5.32 Å². The lowest BCUT2D eigenvalue weighted by molar-refractivity contribution is -0.121. The molecule has 0 spiro atoms. The summed E-state index contributed by atoms with van der Waals surface area (Å²) in [6, 6.07) is 8.05. The molecule has 0 saturated heterocycles. The second-order valence-electron chi connectivity index (χ2n) is 4.38. The molecule has 5 heteroatoms. The van der Waals surface area contributed by atoms with E-state index in [1.54, 1.807) is 7.11 Å². The molecule has 1 aromatic carbocycles. The smallest absolute Gasteiger partial charge is 0.240 e. The second kappa shape index (κ2) is 6.36. The lowest BCUT2D eigenvalue weighted by atomic mass is 10.1. The van der Waals surface area contributed by atoms with Crippen LogP contribution in [0.1, 0.15) is 5.56 Å². The highest BCUT2D eigenvalue weighted by atomic mass is 16.5. The zero-order chi connectivity index (χ0) is 13.7. The largest absolute Gasteiger partial charge is 0.383 e. The Balaban J connectivity index is 2.09. The maximum atomic E-state index is 11.8. The molecular formula is C14H19N3O2. The van der Waals surface area contributed by atoms with Gasteiger partial charge >= 0.3 is 0 Å². The van der Waals surface area contributed by atoms with E-state index in [-0.39, 0.29) is 5.91 Å². The molecule has 19 heavy (non-hydrogen) atoms. The van der Waals surface area contributed by atoms with Crippen LogP contribution in [0.3, 0.4) is 0 Å². The minimum atomic E-state index is -0.0206. The lowest BCUT2D eigenvalue weighted by Crippen LogP contribution is -2.30. The topological polar surface area (TPSA) is 69.3 Å². The quantitative estimate of drug-likeness (QED) is 0.758. The molecule has 0 fully saturated rings. The van der Waals surface area contributed by atoms with Crippen molar-refractivity contribution in [1.29, 1.82) is 0 Å². The van der Waals surface area contributed by atoms with E-state index in [1.165, 1.54) is 0 Å². The molecule has 1 aromatic heterocycles. The van der Waals surface area contributed by atoms with Crippen molar-refractivity contribution in [2.75, 3.05) is 20.3 Å². The van der Waals surface area contributed by atoms with E-state index < -0.39 is 0 Å². The molecule has 3 N–H and O–H groups in total. The molecule has 0 bridgehead atoms. The summed E-state index contributed by atoms with van der Waals surface area (Å²) in [5, 5.41) is 3.92. The highest BCUT2D eigenvalue weighted by Crippen LogP contribution is 2.17. The third-order valence-corrected chi connectivity index (χ3v) is 3.02. The van der Waals surface area contributed by atoms with E-state index >= 15 is 0 Å². The molecule has 2 rings (SSSR count). The number of ether oxygens (including phenoxy) is 1. The Morgan fingerprint density at radius 2 is 2.26 bits per heavy atom. The number of nitrogens with one attached hydrogen (secondary N) is 1. The van der Waals surface area contributed by atoms with E-state index in [9.17, 15) is 4.79 Å². The van der Waals surface area contributed by atoms with Crippen LogP contribution >= 0.6 is 0 Å². The van der Waals surface area contributed by atoms with Crippen molar-refractivity contribution in [2.24, 2.45) is 5.73 Å². The minimum absolute atomic E-state index is 0.0206. The number of aromatic nitrogens is 1. The van der Waals surface area contributed by atoms with Crippen LogP contribution in [0.2, 0.25) is 0 Å². The van der Waals surface area contributed by atoms with Crippen molar-refractivity contribution in [1.82, 2.24) is 9.88 Å². The number of nitrogens with zero attached hydrogens (tertiary/aromatic N) is 1. The van der Waals surface area contributed by atoms with Crippen molar-refractivity contribution in [3.8, 4) is 0 Å². The third-order valence-electron chi connectivity index (χ3n) is 3.02. The lowest BCUT2D eigenvalue weighted by Gasteiger charge is -2.07.